The van der Waals surface area contributed by atoms with E-state index in [0.29, 0.717) is 23.1 Å². The average Bonchev–Trinajstić information content (AvgIpc) is 3.16. The Balaban J connectivity index is 1.60. The van der Waals surface area contributed by atoms with E-state index in [0.717, 1.165) is 34.2 Å². The molecule has 0 saturated carbocycles. The normalized spacial score (nSPS) is 12.1. The predicted molar refractivity (Wildman–Crippen MR) is 122 cm³/mol. The molecule has 0 radical (unpaired) electrons. The molecule has 1 heterocycles. The third kappa shape index (κ3) is 4.13. The first kappa shape index (κ1) is 19.9. The van der Waals surface area contributed by atoms with Crippen LogP contribution in [0.15, 0.2) is 65.1 Å². The Kier molecular flexibility index (Phi) is 5.40. The largest absolute Gasteiger partial charge is 0.436 e. The molecular weight excluding hydrogens is 372 g/mol. The summed E-state index contributed by atoms with van der Waals surface area (Å²) >= 11 is 0. The lowest BCUT2D eigenvalue weighted by atomic mass is 9.98. The van der Waals surface area contributed by atoms with Crippen LogP contribution >= 0.6 is 0 Å². The standard InChI is InChI=1S/C26H26N2O2/c1-5-18(4)19-9-10-24-23(15-19)28-26(30-24)20-7-6-8-22(14-20)27-25(29)21-12-16(2)11-17(3)13-21/h6-15,18H,5H2,1-4H3,(H,27,29). The summed E-state index contributed by atoms with van der Waals surface area (Å²) in [4.78, 5) is 17.4. The zero-order valence-corrected chi connectivity index (χ0v) is 17.8. The summed E-state index contributed by atoms with van der Waals surface area (Å²) < 4.78 is 5.97. The Morgan fingerprint density at radius 3 is 2.53 bits per heavy atom. The third-order valence-corrected chi connectivity index (χ3v) is 5.44. The van der Waals surface area contributed by atoms with Crippen molar-refractivity contribution < 1.29 is 9.21 Å². The minimum Gasteiger partial charge on any atom is -0.436 e. The number of nitrogens with zero attached hydrogens (tertiary/aromatic N) is 1. The van der Waals surface area contributed by atoms with Crippen molar-refractivity contribution in [1.29, 1.82) is 0 Å². The van der Waals surface area contributed by atoms with E-state index in [4.69, 9.17) is 4.42 Å². The van der Waals surface area contributed by atoms with Gasteiger partial charge in [0.1, 0.15) is 5.52 Å². The number of rotatable bonds is 5. The molecule has 3 aromatic carbocycles. The second kappa shape index (κ2) is 8.15. The first-order chi connectivity index (χ1) is 14.4. The highest BCUT2D eigenvalue weighted by Crippen LogP contribution is 2.29. The minimum atomic E-state index is -0.130. The summed E-state index contributed by atoms with van der Waals surface area (Å²) in [5.41, 5.74) is 7.20. The number of hydrogen-bond acceptors (Lipinski definition) is 3. The van der Waals surface area contributed by atoms with Crippen molar-refractivity contribution in [2.45, 2.75) is 40.0 Å². The van der Waals surface area contributed by atoms with Crippen LogP contribution in [-0.4, -0.2) is 10.9 Å². The Morgan fingerprint density at radius 2 is 1.80 bits per heavy atom. The fourth-order valence-corrected chi connectivity index (χ4v) is 3.65. The van der Waals surface area contributed by atoms with Crippen LogP contribution in [0, 0.1) is 13.8 Å². The van der Waals surface area contributed by atoms with Gasteiger partial charge >= 0.3 is 0 Å². The summed E-state index contributed by atoms with van der Waals surface area (Å²) in [7, 11) is 0. The zero-order valence-electron chi connectivity index (χ0n) is 17.8. The maximum Gasteiger partial charge on any atom is 0.255 e. The van der Waals surface area contributed by atoms with Crippen LogP contribution in [0.5, 0.6) is 0 Å². The van der Waals surface area contributed by atoms with E-state index in [1.165, 1.54) is 5.56 Å². The van der Waals surface area contributed by atoms with Gasteiger partial charge < -0.3 is 9.73 Å². The molecule has 0 spiro atoms. The first-order valence-electron chi connectivity index (χ1n) is 10.3. The minimum absolute atomic E-state index is 0.130. The predicted octanol–water partition coefficient (Wildman–Crippen LogP) is 6.88. The molecule has 0 fully saturated rings. The van der Waals surface area contributed by atoms with Gasteiger partial charge in [-0.15, -0.1) is 0 Å². The van der Waals surface area contributed by atoms with E-state index in [1.807, 2.05) is 56.3 Å². The van der Waals surface area contributed by atoms with Crippen LogP contribution in [0.3, 0.4) is 0 Å². The second-order valence-electron chi connectivity index (χ2n) is 7.97. The monoisotopic (exact) mass is 398 g/mol. The number of carbonyl (C=O) groups is 1. The van der Waals surface area contributed by atoms with E-state index >= 15 is 0 Å². The summed E-state index contributed by atoms with van der Waals surface area (Å²) in [6, 6.07) is 19.6. The Hall–Kier alpha value is -3.40. The number of anilines is 1. The maximum atomic E-state index is 12.7. The summed E-state index contributed by atoms with van der Waals surface area (Å²) in [6.45, 7) is 8.37. The molecule has 1 aromatic heterocycles. The number of fused-ring (bicyclic) bond motifs is 1. The number of oxazole rings is 1. The highest BCUT2D eigenvalue weighted by atomic mass is 16.3. The van der Waals surface area contributed by atoms with Gasteiger partial charge in [0.05, 0.1) is 0 Å². The van der Waals surface area contributed by atoms with Crippen molar-refractivity contribution in [2.24, 2.45) is 0 Å². The topological polar surface area (TPSA) is 55.1 Å². The van der Waals surface area contributed by atoms with Crippen molar-refractivity contribution >= 4 is 22.7 Å². The van der Waals surface area contributed by atoms with Crippen molar-refractivity contribution in [2.75, 3.05) is 5.32 Å². The molecule has 0 aliphatic rings. The van der Waals surface area contributed by atoms with E-state index in [9.17, 15) is 4.79 Å². The number of amides is 1. The molecule has 1 amide bonds. The SMILES string of the molecule is CCC(C)c1ccc2oc(-c3cccc(NC(=O)c4cc(C)cc(C)c4)c3)nc2c1. The fraction of sp³-hybridized carbons (Fsp3) is 0.231. The molecule has 1 atom stereocenters. The number of hydrogen-bond donors (Lipinski definition) is 1. The number of aromatic nitrogens is 1. The molecule has 4 rings (SSSR count). The first-order valence-corrected chi connectivity index (χ1v) is 10.3. The van der Waals surface area contributed by atoms with E-state index in [1.54, 1.807) is 0 Å². The van der Waals surface area contributed by atoms with E-state index < -0.39 is 0 Å². The Labute approximate surface area is 177 Å². The Morgan fingerprint density at radius 1 is 1.03 bits per heavy atom. The van der Waals surface area contributed by atoms with Crippen LogP contribution in [0.25, 0.3) is 22.6 Å². The quantitative estimate of drug-likeness (QED) is 0.399. The molecule has 0 bridgehead atoms. The number of carbonyl (C=O) groups excluding carboxylic acids is 1. The van der Waals surface area contributed by atoms with Crippen molar-refractivity contribution in [3.8, 4) is 11.5 Å². The van der Waals surface area contributed by atoms with Crippen molar-refractivity contribution in [1.82, 2.24) is 4.98 Å². The average molecular weight is 399 g/mol. The van der Waals surface area contributed by atoms with E-state index in [2.05, 4.69) is 42.3 Å². The van der Waals surface area contributed by atoms with Crippen LogP contribution in [0.1, 0.15) is 53.2 Å². The second-order valence-corrected chi connectivity index (χ2v) is 7.97. The molecule has 1 unspecified atom stereocenters. The molecule has 1 N–H and O–H groups in total. The highest BCUT2D eigenvalue weighted by Gasteiger charge is 2.13. The van der Waals surface area contributed by atoms with Gasteiger partial charge in [-0.1, -0.05) is 43.2 Å². The highest BCUT2D eigenvalue weighted by molar-refractivity contribution is 6.04. The molecule has 4 nitrogen and oxygen atoms in total. The van der Waals surface area contributed by atoms with Gasteiger partial charge in [0.15, 0.2) is 5.58 Å². The van der Waals surface area contributed by atoms with Gasteiger partial charge in [-0.25, -0.2) is 4.98 Å². The summed E-state index contributed by atoms with van der Waals surface area (Å²) in [6.07, 6.45) is 1.08. The van der Waals surface area contributed by atoms with Crippen molar-refractivity contribution in [3.05, 3.63) is 82.9 Å². The van der Waals surface area contributed by atoms with E-state index in [-0.39, 0.29) is 5.91 Å². The molecule has 0 aliphatic heterocycles. The van der Waals surface area contributed by atoms with Crippen LogP contribution in [-0.2, 0) is 0 Å². The number of aryl methyl sites for hydroxylation is 2. The van der Waals surface area contributed by atoms with Crippen LogP contribution in [0.2, 0.25) is 0 Å². The van der Waals surface area contributed by atoms with Gasteiger partial charge in [0.25, 0.3) is 5.91 Å². The zero-order chi connectivity index (χ0) is 21.3. The van der Waals surface area contributed by atoms with Gasteiger partial charge in [-0.3, -0.25) is 4.79 Å². The maximum absolute atomic E-state index is 12.7. The van der Waals surface area contributed by atoms with Gasteiger partial charge in [0.2, 0.25) is 5.89 Å². The molecule has 0 aliphatic carbocycles. The molecular formula is C26H26N2O2. The molecule has 0 saturated heterocycles. The van der Waals surface area contributed by atoms with Crippen LogP contribution in [0.4, 0.5) is 5.69 Å². The van der Waals surface area contributed by atoms with Crippen LogP contribution < -0.4 is 5.32 Å². The molecule has 4 heteroatoms. The molecule has 30 heavy (non-hydrogen) atoms. The fourth-order valence-electron chi connectivity index (χ4n) is 3.65. The molecule has 152 valence electrons. The lowest BCUT2D eigenvalue weighted by Crippen LogP contribution is -2.12. The molecule has 4 aromatic rings. The lowest BCUT2D eigenvalue weighted by Gasteiger charge is -2.08. The smallest absolute Gasteiger partial charge is 0.255 e. The number of benzene rings is 3. The lowest BCUT2D eigenvalue weighted by molar-refractivity contribution is 0.102. The Bertz CT molecular complexity index is 1200. The van der Waals surface area contributed by atoms with Gasteiger partial charge in [-0.05, 0) is 74.2 Å². The number of nitrogens with one attached hydrogen (secondary N) is 1. The third-order valence-electron chi connectivity index (χ3n) is 5.44. The van der Waals surface area contributed by atoms with Gasteiger partial charge in [-0.2, -0.15) is 0 Å². The van der Waals surface area contributed by atoms with Gasteiger partial charge in [0, 0.05) is 16.8 Å². The summed E-state index contributed by atoms with van der Waals surface area (Å²) in [5, 5.41) is 2.98. The summed E-state index contributed by atoms with van der Waals surface area (Å²) in [5.74, 6) is 0.905. The van der Waals surface area contributed by atoms with Crippen molar-refractivity contribution in [3.63, 3.8) is 0 Å².